The van der Waals surface area contributed by atoms with Gasteiger partial charge in [0, 0.05) is 23.8 Å². The third-order valence-corrected chi connectivity index (χ3v) is 3.58. The average Bonchev–Trinajstić information content (AvgIpc) is 2.38. The summed E-state index contributed by atoms with van der Waals surface area (Å²) in [4.78, 5) is 29.8. The number of nitrogens with one attached hydrogen (secondary N) is 1. The van der Waals surface area contributed by atoms with Crippen molar-refractivity contribution in [3.8, 4) is 0 Å². The Morgan fingerprint density at radius 2 is 2.44 bits per heavy atom. The molecule has 2 rings (SSSR count). The summed E-state index contributed by atoms with van der Waals surface area (Å²) in [6.45, 7) is 2.90. The molecular weight excluding hydrogens is 298 g/mol. The molecule has 2 amide bonds. The lowest BCUT2D eigenvalue weighted by atomic mass is 10.1. The van der Waals surface area contributed by atoms with Gasteiger partial charge in [0.2, 0.25) is 5.91 Å². The summed E-state index contributed by atoms with van der Waals surface area (Å²) in [5.41, 5.74) is 0.352. The van der Waals surface area contributed by atoms with Crippen molar-refractivity contribution in [2.24, 2.45) is 0 Å². The van der Waals surface area contributed by atoms with E-state index in [-0.39, 0.29) is 11.8 Å². The van der Waals surface area contributed by atoms with Crippen molar-refractivity contribution in [3.63, 3.8) is 0 Å². The van der Waals surface area contributed by atoms with Gasteiger partial charge in [-0.25, -0.2) is 4.98 Å². The summed E-state index contributed by atoms with van der Waals surface area (Å²) in [5, 5.41) is 2.77. The Balaban J connectivity index is 2.27. The van der Waals surface area contributed by atoms with Crippen LogP contribution in [0.5, 0.6) is 0 Å². The van der Waals surface area contributed by atoms with Gasteiger partial charge in [0.25, 0.3) is 5.91 Å². The van der Waals surface area contributed by atoms with Crippen LogP contribution in [0.1, 0.15) is 23.8 Å². The largest absolute Gasteiger partial charge is 0.353 e. The molecule has 0 aliphatic carbocycles. The van der Waals surface area contributed by atoms with Crippen molar-refractivity contribution in [2.45, 2.75) is 19.4 Å². The number of aromatic nitrogens is 1. The molecule has 0 bridgehead atoms. The van der Waals surface area contributed by atoms with E-state index in [0.717, 1.165) is 0 Å². The zero-order valence-electron chi connectivity index (χ0n) is 10.0. The predicted molar refractivity (Wildman–Crippen MR) is 70.1 cm³/mol. The number of pyridine rings is 1. The fourth-order valence-corrected chi connectivity index (χ4v) is 2.47. The molecule has 0 aromatic carbocycles. The second kappa shape index (κ2) is 5.48. The first kappa shape index (κ1) is 13.0. The number of hydrogen-bond donors (Lipinski definition) is 1. The highest BCUT2D eigenvalue weighted by Gasteiger charge is 2.33. The maximum Gasteiger partial charge on any atom is 0.274 e. The molecule has 1 aromatic heterocycles. The van der Waals surface area contributed by atoms with Gasteiger partial charge in [0.05, 0.1) is 0 Å². The van der Waals surface area contributed by atoms with E-state index >= 15 is 0 Å². The number of carbonyl (C=O) groups is 2. The van der Waals surface area contributed by atoms with Crippen LogP contribution in [0.2, 0.25) is 0 Å². The maximum atomic E-state index is 12.4. The lowest BCUT2D eigenvalue weighted by Crippen LogP contribution is -2.57. The molecule has 1 N–H and O–H groups in total. The van der Waals surface area contributed by atoms with Crippen LogP contribution in [0.4, 0.5) is 0 Å². The third-order valence-electron chi connectivity index (χ3n) is 2.94. The van der Waals surface area contributed by atoms with Gasteiger partial charge in [0.15, 0.2) is 0 Å². The monoisotopic (exact) mass is 311 g/mol. The van der Waals surface area contributed by atoms with Crippen molar-refractivity contribution >= 4 is 27.7 Å². The summed E-state index contributed by atoms with van der Waals surface area (Å²) in [7, 11) is 0. The van der Waals surface area contributed by atoms with E-state index in [1.807, 2.05) is 6.92 Å². The topological polar surface area (TPSA) is 62.3 Å². The van der Waals surface area contributed by atoms with Crippen LogP contribution in [0.25, 0.3) is 0 Å². The highest BCUT2D eigenvalue weighted by atomic mass is 79.9. The number of piperazine rings is 1. The Morgan fingerprint density at radius 3 is 3.11 bits per heavy atom. The first-order valence-corrected chi connectivity index (χ1v) is 6.63. The van der Waals surface area contributed by atoms with Crippen LogP contribution >= 0.6 is 15.9 Å². The standard InChI is InChI=1S/C12H14BrN3O2/c1-2-9-11(17)15-6-7-16(9)12(18)10-8(13)4-3-5-14-10/h3-5,9H,2,6-7H2,1H3,(H,15,17). The summed E-state index contributed by atoms with van der Waals surface area (Å²) in [6, 6.07) is 3.12. The quantitative estimate of drug-likeness (QED) is 0.892. The molecule has 1 aliphatic heterocycles. The molecule has 0 spiro atoms. The van der Waals surface area contributed by atoms with Gasteiger partial charge in [-0.3, -0.25) is 9.59 Å². The van der Waals surface area contributed by atoms with E-state index in [2.05, 4.69) is 26.2 Å². The van der Waals surface area contributed by atoms with Gasteiger partial charge in [-0.1, -0.05) is 6.92 Å². The minimum Gasteiger partial charge on any atom is -0.353 e. The van der Waals surface area contributed by atoms with Crippen molar-refractivity contribution in [1.82, 2.24) is 15.2 Å². The van der Waals surface area contributed by atoms with Crippen molar-refractivity contribution < 1.29 is 9.59 Å². The van der Waals surface area contributed by atoms with Crippen LogP contribution in [-0.4, -0.2) is 40.8 Å². The first-order valence-electron chi connectivity index (χ1n) is 5.84. The molecule has 5 nitrogen and oxygen atoms in total. The van der Waals surface area contributed by atoms with E-state index in [0.29, 0.717) is 29.7 Å². The maximum absolute atomic E-state index is 12.4. The minimum absolute atomic E-state index is 0.0934. The lowest BCUT2D eigenvalue weighted by molar-refractivity contribution is -0.127. The second-order valence-electron chi connectivity index (χ2n) is 4.05. The number of carbonyl (C=O) groups excluding carboxylic acids is 2. The highest BCUT2D eigenvalue weighted by molar-refractivity contribution is 9.10. The van der Waals surface area contributed by atoms with Crippen LogP contribution in [0, 0.1) is 0 Å². The third kappa shape index (κ3) is 2.38. The molecule has 1 aromatic rings. The predicted octanol–water partition coefficient (Wildman–Crippen LogP) is 1.19. The molecule has 0 saturated carbocycles. The van der Waals surface area contributed by atoms with Crippen molar-refractivity contribution in [1.29, 1.82) is 0 Å². The molecular formula is C12H14BrN3O2. The van der Waals surface area contributed by atoms with Gasteiger partial charge >= 0.3 is 0 Å². The van der Waals surface area contributed by atoms with E-state index < -0.39 is 6.04 Å². The molecule has 1 aliphatic rings. The van der Waals surface area contributed by atoms with E-state index in [1.54, 1.807) is 23.2 Å². The molecule has 1 atom stereocenters. The lowest BCUT2D eigenvalue weighted by Gasteiger charge is -2.34. The summed E-state index contributed by atoms with van der Waals surface area (Å²) >= 11 is 3.31. The first-order chi connectivity index (χ1) is 8.65. The van der Waals surface area contributed by atoms with E-state index in [9.17, 15) is 9.59 Å². The van der Waals surface area contributed by atoms with Gasteiger partial charge in [-0.05, 0) is 34.5 Å². The van der Waals surface area contributed by atoms with Crippen LogP contribution in [0.15, 0.2) is 22.8 Å². The fraction of sp³-hybridized carbons (Fsp3) is 0.417. The summed E-state index contributed by atoms with van der Waals surface area (Å²) in [5.74, 6) is -0.298. The Hall–Kier alpha value is -1.43. The SMILES string of the molecule is CCC1C(=O)NCCN1C(=O)c1ncccc1Br. The van der Waals surface area contributed by atoms with E-state index in [4.69, 9.17) is 0 Å². The van der Waals surface area contributed by atoms with Gasteiger partial charge in [0.1, 0.15) is 11.7 Å². The Bertz CT molecular complexity index is 478. The molecule has 18 heavy (non-hydrogen) atoms. The van der Waals surface area contributed by atoms with Crippen LogP contribution in [0.3, 0.4) is 0 Å². The molecule has 0 radical (unpaired) electrons. The second-order valence-corrected chi connectivity index (χ2v) is 4.90. The van der Waals surface area contributed by atoms with Gasteiger partial charge in [-0.15, -0.1) is 0 Å². The molecule has 1 unspecified atom stereocenters. The average molecular weight is 312 g/mol. The van der Waals surface area contributed by atoms with Crippen LogP contribution in [-0.2, 0) is 4.79 Å². The number of nitrogens with zero attached hydrogens (tertiary/aromatic N) is 2. The van der Waals surface area contributed by atoms with Gasteiger partial charge < -0.3 is 10.2 Å². The molecule has 1 saturated heterocycles. The number of rotatable bonds is 2. The fourth-order valence-electron chi connectivity index (χ4n) is 2.04. The Morgan fingerprint density at radius 1 is 1.67 bits per heavy atom. The summed E-state index contributed by atoms with van der Waals surface area (Å²) < 4.78 is 0.649. The molecule has 1 fully saturated rings. The molecule has 6 heteroatoms. The van der Waals surface area contributed by atoms with Crippen molar-refractivity contribution in [3.05, 3.63) is 28.5 Å². The van der Waals surface area contributed by atoms with Crippen LogP contribution < -0.4 is 5.32 Å². The highest BCUT2D eigenvalue weighted by Crippen LogP contribution is 2.18. The Kier molecular flexibility index (Phi) is 3.96. The van der Waals surface area contributed by atoms with Crippen molar-refractivity contribution in [2.75, 3.05) is 13.1 Å². The zero-order valence-corrected chi connectivity index (χ0v) is 11.6. The molecule has 96 valence electrons. The smallest absolute Gasteiger partial charge is 0.274 e. The zero-order chi connectivity index (χ0) is 13.1. The minimum atomic E-state index is -0.403. The molecule has 2 heterocycles. The summed E-state index contributed by atoms with van der Waals surface area (Å²) in [6.07, 6.45) is 2.17. The van der Waals surface area contributed by atoms with E-state index in [1.165, 1.54) is 0 Å². The number of halogens is 1. The Labute approximate surface area is 114 Å². The van der Waals surface area contributed by atoms with Gasteiger partial charge in [-0.2, -0.15) is 0 Å². The number of hydrogen-bond acceptors (Lipinski definition) is 3. The normalized spacial score (nSPS) is 19.6. The number of amides is 2.